The fourth-order valence-corrected chi connectivity index (χ4v) is 3.56. The number of hydrogen-bond donors (Lipinski definition) is 2. The molecule has 4 rings (SSSR count). The van der Waals surface area contributed by atoms with E-state index in [2.05, 4.69) is 10.6 Å². The van der Waals surface area contributed by atoms with E-state index in [1.165, 1.54) is 24.5 Å². The SMILES string of the molecule is O=C(CN1CCN(C(=O)c2ccc(NC(=O)c3ccco3)cc2)CC1)Nc1cccc(F)c1. The molecule has 0 aliphatic carbocycles. The van der Waals surface area contributed by atoms with Gasteiger partial charge in [-0.05, 0) is 54.6 Å². The highest BCUT2D eigenvalue weighted by molar-refractivity contribution is 6.02. The van der Waals surface area contributed by atoms with Gasteiger partial charge < -0.3 is 20.0 Å². The van der Waals surface area contributed by atoms with Crippen molar-refractivity contribution in [3.8, 4) is 0 Å². The summed E-state index contributed by atoms with van der Waals surface area (Å²) in [6, 6.07) is 15.6. The maximum absolute atomic E-state index is 13.2. The van der Waals surface area contributed by atoms with E-state index in [-0.39, 0.29) is 30.0 Å². The lowest BCUT2D eigenvalue weighted by Gasteiger charge is -2.34. The van der Waals surface area contributed by atoms with Crippen molar-refractivity contribution in [1.82, 2.24) is 9.80 Å². The third-order valence-corrected chi connectivity index (χ3v) is 5.27. The molecule has 0 atom stereocenters. The molecule has 0 bridgehead atoms. The average molecular weight is 450 g/mol. The number of carbonyl (C=O) groups excluding carboxylic acids is 3. The van der Waals surface area contributed by atoms with Crippen LogP contribution in [0, 0.1) is 5.82 Å². The van der Waals surface area contributed by atoms with Crippen LogP contribution in [0.5, 0.6) is 0 Å². The zero-order valence-corrected chi connectivity index (χ0v) is 17.8. The molecule has 0 unspecified atom stereocenters. The summed E-state index contributed by atoms with van der Waals surface area (Å²) in [6.45, 7) is 2.26. The van der Waals surface area contributed by atoms with Gasteiger partial charge in [-0.15, -0.1) is 0 Å². The zero-order chi connectivity index (χ0) is 23.2. The summed E-state index contributed by atoms with van der Waals surface area (Å²) in [5.41, 5.74) is 1.49. The molecule has 8 nitrogen and oxygen atoms in total. The van der Waals surface area contributed by atoms with Gasteiger partial charge in [0.1, 0.15) is 5.82 Å². The highest BCUT2D eigenvalue weighted by Crippen LogP contribution is 2.15. The summed E-state index contributed by atoms with van der Waals surface area (Å²) >= 11 is 0. The number of carbonyl (C=O) groups is 3. The van der Waals surface area contributed by atoms with Crippen molar-refractivity contribution in [2.75, 3.05) is 43.4 Å². The van der Waals surface area contributed by atoms with Crippen LogP contribution in [-0.2, 0) is 4.79 Å². The van der Waals surface area contributed by atoms with Gasteiger partial charge in [-0.3, -0.25) is 19.3 Å². The van der Waals surface area contributed by atoms with E-state index in [0.717, 1.165) is 0 Å². The van der Waals surface area contributed by atoms with Gasteiger partial charge in [-0.2, -0.15) is 0 Å². The van der Waals surface area contributed by atoms with Gasteiger partial charge in [0.2, 0.25) is 5.91 Å². The van der Waals surface area contributed by atoms with Crippen molar-refractivity contribution in [1.29, 1.82) is 0 Å². The second-order valence-electron chi connectivity index (χ2n) is 7.64. The number of rotatable bonds is 6. The Balaban J connectivity index is 1.25. The monoisotopic (exact) mass is 450 g/mol. The molecule has 1 saturated heterocycles. The summed E-state index contributed by atoms with van der Waals surface area (Å²) < 4.78 is 18.3. The lowest BCUT2D eigenvalue weighted by molar-refractivity contribution is -0.117. The number of piperazine rings is 1. The molecule has 33 heavy (non-hydrogen) atoms. The van der Waals surface area contributed by atoms with Gasteiger partial charge in [-0.1, -0.05) is 6.07 Å². The third kappa shape index (κ3) is 5.83. The molecule has 0 radical (unpaired) electrons. The van der Waals surface area contributed by atoms with Crippen LogP contribution in [0.4, 0.5) is 15.8 Å². The fraction of sp³-hybridized carbons (Fsp3) is 0.208. The second kappa shape index (κ2) is 10.1. The standard InChI is InChI=1S/C24H23FN4O4/c25-18-3-1-4-20(15-18)26-22(30)16-28-10-12-29(13-11-28)24(32)17-6-8-19(9-7-17)27-23(31)21-5-2-14-33-21/h1-9,14-15H,10-13,16H2,(H,26,30)(H,27,31). The van der Waals surface area contributed by atoms with Crippen molar-refractivity contribution in [2.24, 2.45) is 0 Å². The van der Waals surface area contributed by atoms with Crippen LogP contribution in [0.1, 0.15) is 20.9 Å². The molecule has 1 fully saturated rings. The summed E-state index contributed by atoms with van der Waals surface area (Å²) in [7, 11) is 0. The third-order valence-electron chi connectivity index (χ3n) is 5.27. The molecular weight excluding hydrogens is 427 g/mol. The van der Waals surface area contributed by atoms with Crippen molar-refractivity contribution in [3.05, 3.63) is 84.1 Å². The van der Waals surface area contributed by atoms with Crippen molar-refractivity contribution < 1.29 is 23.2 Å². The van der Waals surface area contributed by atoms with Crippen LogP contribution in [0.2, 0.25) is 0 Å². The van der Waals surface area contributed by atoms with Gasteiger partial charge in [0.15, 0.2) is 5.76 Å². The molecule has 3 amide bonds. The molecule has 0 spiro atoms. The van der Waals surface area contributed by atoms with Crippen molar-refractivity contribution >= 4 is 29.1 Å². The highest BCUT2D eigenvalue weighted by atomic mass is 19.1. The number of nitrogens with one attached hydrogen (secondary N) is 2. The van der Waals surface area contributed by atoms with Gasteiger partial charge in [0.25, 0.3) is 11.8 Å². The number of benzene rings is 2. The number of nitrogens with zero attached hydrogens (tertiary/aromatic N) is 2. The van der Waals surface area contributed by atoms with E-state index in [1.807, 2.05) is 4.90 Å². The molecular formula is C24H23FN4O4. The minimum atomic E-state index is -0.409. The topological polar surface area (TPSA) is 94.9 Å². The highest BCUT2D eigenvalue weighted by Gasteiger charge is 2.23. The van der Waals surface area contributed by atoms with Gasteiger partial charge in [0.05, 0.1) is 12.8 Å². The smallest absolute Gasteiger partial charge is 0.291 e. The summed E-state index contributed by atoms with van der Waals surface area (Å²) in [5, 5.41) is 5.39. The number of furan rings is 1. The van der Waals surface area contributed by atoms with Gasteiger partial charge in [-0.25, -0.2) is 4.39 Å². The normalized spacial score (nSPS) is 14.0. The molecule has 3 aromatic rings. The first-order valence-corrected chi connectivity index (χ1v) is 10.5. The first kappa shape index (κ1) is 22.2. The van der Waals surface area contributed by atoms with Crippen LogP contribution in [0.25, 0.3) is 0 Å². The quantitative estimate of drug-likeness (QED) is 0.602. The van der Waals surface area contributed by atoms with Crippen LogP contribution >= 0.6 is 0 Å². The number of halogens is 1. The molecule has 2 N–H and O–H groups in total. The molecule has 0 saturated carbocycles. The minimum Gasteiger partial charge on any atom is -0.459 e. The molecule has 170 valence electrons. The van der Waals surface area contributed by atoms with E-state index < -0.39 is 5.82 Å². The van der Waals surface area contributed by atoms with Gasteiger partial charge in [0, 0.05) is 43.1 Å². The molecule has 1 aliphatic rings. The Morgan fingerprint density at radius 3 is 2.30 bits per heavy atom. The lowest BCUT2D eigenvalue weighted by atomic mass is 10.1. The molecule has 9 heteroatoms. The number of hydrogen-bond acceptors (Lipinski definition) is 5. The molecule has 1 aromatic heterocycles. The van der Waals surface area contributed by atoms with E-state index in [4.69, 9.17) is 4.42 Å². The Labute approximate surface area is 190 Å². The Bertz CT molecular complexity index is 1120. The predicted octanol–water partition coefficient (Wildman–Crippen LogP) is 3.07. The minimum absolute atomic E-state index is 0.109. The van der Waals surface area contributed by atoms with Crippen LogP contribution < -0.4 is 10.6 Å². The first-order valence-electron chi connectivity index (χ1n) is 10.5. The lowest BCUT2D eigenvalue weighted by Crippen LogP contribution is -2.50. The summed E-state index contributed by atoms with van der Waals surface area (Å²) in [4.78, 5) is 40.8. The Hall–Kier alpha value is -3.98. The maximum atomic E-state index is 13.2. The van der Waals surface area contributed by atoms with Crippen LogP contribution in [0.15, 0.2) is 71.3 Å². The number of anilines is 2. The van der Waals surface area contributed by atoms with E-state index in [9.17, 15) is 18.8 Å². The summed E-state index contributed by atoms with van der Waals surface area (Å²) in [6.07, 6.45) is 1.42. The predicted molar refractivity (Wildman–Crippen MR) is 120 cm³/mol. The second-order valence-corrected chi connectivity index (χ2v) is 7.64. The Morgan fingerprint density at radius 1 is 0.879 bits per heavy atom. The summed E-state index contributed by atoms with van der Waals surface area (Å²) in [5.74, 6) is -0.905. The van der Waals surface area contributed by atoms with Crippen molar-refractivity contribution in [3.63, 3.8) is 0 Å². The molecule has 1 aliphatic heterocycles. The van der Waals surface area contributed by atoms with E-state index in [1.54, 1.807) is 47.4 Å². The van der Waals surface area contributed by atoms with Crippen molar-refractivity contribution in [2.45, 2.75) is 0 Å². The molecule has 2 heterocycles. The zero-order valence-electron chi connectivity index (χ0n) is 17.8. The maximum Gasteiger partial charge on any atom is 0.291 e. The van der Waals surface area contributed by atoms with Crippen LogP contribution in [0.3, 0.4) is 0 Å². The fourth-order valence-electron chi connectivity index (χ4n) is 3.56. The largest absolute Gasteiger partial charge is 0.459 e. The van der Waals surface area contributed by atoms with E-state index in [0.29, 0.717) is 43.1 Å². The first-order chi connectivity index (χ1) is 16.0. The van der Waals surface area contributed by atoms with Crippen LogP contribution in [-0.4, -0.2) is 60.2 Å². The number of amides is 3. The molecule has 2 aromatic carbocycles. The van der Waals surface area contributed by atoms with E-state index >= 15 is 0 Å². The van der Waals surface area contributed by atoms with Gasteiger partial charge >= 0.3 is 0 Å². The Morgan fingerprint density at radius 2 is 1.64 bits per heavy atom. The average Bonchev–Trinajstić information content (AvgIpc) is 3.35. The Kier molecular flexibility index (Phi) is 6.80.